The Hall–Kier alpha value is -2.42. The largest absolute Gasteiger partial charge is 0.507 e. The minimum absolute atomic E-state index is 0.122. The first-order chi connectivity index (χ1) is 16.0. The lowest BCUT2D eigenvalue weighted by Gasteiger charge is -2.38. The number of hydrogen-bond acceptors (Lipinski definition) is 8. The van der Waals surface area contributed by atoms with Gasteiger partial charge in [-0.05, 0) is 75.9 Å². The molecule has 2 aromatic rings. The fourth-order valence-electron chi connectivity index (χ4n) is 5.76. The molecule has 5 rings (SSSR count). The van der Waals surface area contributed by atoms with E-state index in [1.54, 1.807) is 12.1 Å². The fourth-order valence-corrected chi connectivity index (χ4v) is 5.76. The van der Waals surface area contributed by atoms with E-state index >= 15 is 0 Å². The van der Waals surface area contributed by atoms with Crippen molar-refractivity contribution in [2.45, 2.75) is 69.1 Å². The van der Waals surface area contributed by atoms with Gasteiger partial charge in [-0.2, -0.15) is 0 Å². The zero-order valence-corrected chi connectivity index (χ0v) is 19.1. The number of piperidine rings is 1. The van der Waals surface area contributed by atoms with E-state index in [2.05, 4.69) is 14.9 Å². The number of aromatic hydroxyl groups is 1. The molecule has 0 amide bonds. The van der Waals surface area contributed by atoms with Crippen LogP contribution in [0.3, 0.4) is 0 Å². The van der Waals surface area contributed by atoms with E-state index in [-0.39, 0.29) is 11.7 Å². The molecule has 8 nitrogen and oxygen atoms in total. The first-order valence-electron chi connectivity index (χ1n) is 12.3. The summed E-state index contributed by atoms with van der Waals surface area (Å²) in [6, 6.07) is 7.92. The maximum atomic E-state index is 10.6. The molecule has 2 aliphatic heterocycles. The zero-order valence-electron chi connectivity index (χ0n) is 19.1. The van der Waals surface area contributed by atoms with Gasteiger partial charge in [0.2, 0.25) is 5.95 Å². The summed E-state index contributed by atoms with van der Waals surface area (Å²) >= 11 is 0. The van der Waals surface area contributed by atoms with Crippen molar-refractivity contribution >= 4 is 11.6 Å². The van der Waals surface area contributed by atoms with Crippen LogP contribution < -0.4 is 10.6 Å². The molecular weight excluding hydrogens is 418 g/mol. The maximum Gasteiger partial charge on any atom is 0.220 e. The van der Waals surface area contributed by atoms with Crippen LogP contribution in [0.4, 0.5) is 11.6 Å². The van der Waals surface area contributed by atoms with Crippen LogP contribution in [0.2, 0.25) is 0 Å². The molecule has 0 spiro atoms. The number of aliphatic hydroxyl groups is 2. The second kappa shape index (κ2) is 9.44. The van der Waals surface area contributed by atoms with E-state index in [1.807, 2.05) is 17.0 Å². The highest BCUT2D eigenvalue weighted by Gasteiger charge is 2.31. The number of nitrogens with two attached hydrogens (primary N) is 1. The summed E-state index contributed by atoms with van der Waals surface area (Å²) in [6.45, 7) is 3.17. The third-order valence-electron chi connectivity index (χ3n) is 7.67. The quantitative estimate of drug-likeness (QED) is 0.558. The number of β-amino-alcohol motifs (C(OH)–C–C–N with tert-alkyl or cyclic N) is 2. The van der Waals surface area contributed by atoms with Gasteiger partial charge in [-0.15, -0.1) is 0 Å². The third-order valence-corrected chi connectivity index (χ3v) is 7.67. The lowest BCUT2D eigenvalue weighted by Crippen LogP contribution is -2.41. The molecule has 0 bridgehead atoms. The van der Waals surface area contributed by atoms with Crippen molar-refractivity contribution in [1.29, 1.82) is 0 Å². The SMILES string of the molecule is Nc1nc(-c2cc(N3C[C@H](O)[C@@H](O)C3)ccc2O)cc(C2CCC(N3CCCCC3)CC2)n1. The lowest BCUT2D eigenvalue weighted by molar-refractivity contribution is 0.0572. The van der Waals surface area contributed by atoms with Gasteiger partial charge >= 0.3 is 0 Å². The minimum atomic E-state index is -0.774. The van der Waals surface area contributed by atoms with Crippen molar-refractivity contribution in [3.63, 3.8) is 0 Å². The second-order valence-corrected chi connectivity index (χ2v) is 9.88. The second-order valence-electron chi connectivity index (χ2n) is 9.88. The van der Waals surface area contributed by atoms with E-state index in [1.165, 1.54) is 45.2 Å². The van der Waals surface area contributed by atoms with Crippen molar-refractivity contribution < 1.29 is 15.3 Å². The van der Waals surface area contributed by atoms with Gasteiger partial charge in [0.25, 0.3) is 0 Å². The molecule has 2 saturated heterocycles. The molecule has 3 aliphatic rings. The first-order valence-corrected chi connectivity index (χ1v) is 12.3. The van der Waals surface area contributed by atoms with Crippen LogP contribution in [0.1, 0.15) is 56.6 Å². The number of benzene rings is 1. The van der Waals surface area contributed by atoms with Gasteiger partial charge in [0.15, 0.2) is 0 Å². The highest BCUT2D eigenvalue weighted by molar-refractivity contribution is 5.73. The maximum absolute atomic E-state index is 10.6. The lowest BCUT2D eigenvalue weighted by atomic mass is 9.82. The number of aliphatic hydroxyl groups excluding tert-OH is 2. The van der Waals surface area contributed by atoms with E-state index in [0.29, 0.717) is 36.3 Å². The van der Waals surface area contributed by atoms with Crippen molar-refractivity contribution in [3.05, 3.63) is 30.0 Å². The van der Waals surface area contributed by atoms with Gasteiger partial charge in [-0.1, -0.05) is 6.42 Å². The third kappa shape index (κ3) is 4.78. The molecule has 1 saturated carbocycles. The Morgan fingerprint density at radius 2 is 1.58 bits per heavy atom. The number of rotatable bonds is 4. The molecule has 2 atom stereocenters. The Labute approximate surface area is 195 Å². The number of phenolic OH excluding ortho intramolecular Hbond substituents is 1. The molecule has 178 valence electrons. The summed E-state index contributed by atoms with van der Waals surface area (Å²) in [5.74, 6) is 0.693. The highest BCUT2D eigenvalue weighted by atomic mass is 16.3. The molecule has 1 aromatic heterocycles. The minimum Gasteiger partial charge on any atom is -0.507 e. The normalized spacial score (nSPS) is 28.8. The van der Waals surface area contributed by atoms with Crippen molar-refractivity contribution in [2.75, 3.05) is 36.8 Å². The van der Waals surface area contributed by atoms with Gasteiger partial charge < -0.3 is 30.9 Å². The van der Waals surface area contributed by atoms with Gasteiger partial charge in [0.1, 0.15) is 5.75 Å². The topological polar surface area (TPSA) is 119 Å². The monoisotopic (exact) mass is 453 g/mol. The predicted octanol–water partition coefficient (Wildman–Crippen LogP) is 2.49. The fraction of sp³-hybridized carbons (Fsp3) is 0.600. The standard InChI is InChI=1S/C25H35N5O3/c26-25-27-20(16-4-6-17(7-5-16)29-10-2-1-3-11-29)13-21(28-25)19-12-18(8-9-22(19)31)30-14-23(32)24(33)15-30/h8-9,12-13,16-17,23-24,31-33H,1-7,10-11,14-15H2,(H2,26,27,28)/t16?,17?,23-,24-/m0/s1. The van der Waals surface area contributed by atoms with E-state index in [4.69, 9.17) is 5.73 Å². The summed E-state index contributed by atoms with van der Waals surface area (Å²) in [4.78, 5) is 13.6. The Morgan fingerprint density at radius 3 is 2.27 bits per heavy atom. The zero-order chi connectivity index (χ0) is 22.9. The van der Waals surface area contributed by atoms with E-state index in [9.17, 15) is 15.3 Å². The van der Waals surface area contributed by atoms with Crippen LogP contribution in [0, 0.1) is 0 Å². The van der Waals surface area contributed by atoms with Crippen LogP contribution in [-0.2, 0) is 0 Å². The Bertz CT molecular complexity index is 963. The Morgan fingerprint density at radius 1 is 0.879 bits per heavy atom. The Kier molecular flexibility index (Phi) is 6.40. The summed E-state index contributed by atoms with van der Waals surface area (Å²) in [5, 5.41) is 30.4. The van der Waals surface area contributed by atoms with Crippen LogP contribution >= 0.6 is 0 Å². The first kappa shape index (κ1) is 22.4. The molecule has 0 unspecified atom stereocenters. The van der Waals surface area contributed by atoms with E-state index in [0.717, 1.165) is 24.2 Å². The van der Waals surface area contributed by atoms with Gasteiger partial charge in [0.05, 0.1) is 17.9 Å². The number of phenols is 1. The van der Waals surface area contributed by atoms with Gasteiger partial charge in [-0.25, -0.2) is 9.97 Å². The molecule has 0 radical (unpaired) electrons. The molecule has 3 fully saturated rings. The van der Waals surface area contributed by atoms with E-state index < -0.39 is 12.2 Å². The Balaban J connectivity index is 1.34. The number of nitrogens with zero attached hydrogens (tertiary/aromatic N) is 4. The van der Waals surface area contributed by atoms with Crippen molar-refractivity contribution in [2.24, 2.45) is 0 Å². The average molecular weight is 454 g/mol. The summed E-state index contributed by atoms with van der Waals surface area (Å²) in [7, 11) is 0. The molecule has 33 heavy (non-hydrogen) atoms. The molecular formula is C25H35N5O3. The molecule has 1 aromatic carbocycles. The number of nitrogen functional groups attached to an aromatic ring is 1. The molecule has 1 aliphatic carbocycles. The van der Waals surface area contributed by atoms with Crippen molar-refractivity contribution in [1.82, 2.24) is 14.9 Å². The average Bonchev–Trinajstić information content (AvgIpc) is 3.17. The van der Waals surface area contributed by atoms with Crippen molar-refractivity contribution in [3.8, 4) is 17.0 Å². The number of hydrogen-bond donors (Lipinski definition) is 4. The molecule has 8 heteroatoms. The predicted molar refractivity (Wildman–Crippen MR) is 128 cm³/mol. The number of anilines is 2. The van der Waals surface area contributed by atoms with Gasteiger partial charge in [-0.3, -0.25) is 0 Å². The summed E-state index contributed by atoms with van der Waals surface area (Å²) in [5.41, 5.74) is 9.07. The smallest absolute Gasteiger partial charge is 0.220 e. The van der Waals surface area contributed by atoms with Crippen LogP contribution in [0.5, 0.6) is 5.75 Å². The molecule has 3 heterocycles. The van der Waals surface area contributed by atoms with Crippen LogP contribution in [0.25, 0.3) is 11.3 Å². The molecule has 5 N–H and O–H groups in total. The number of likely N-dealkylation sites (tertiary alicyclic amines) is 1. The number of aromatic nitrogens is 2. The highest BCUT2D eigenvalue weighted by Crippen LogP contribution is 2.38. The van der Waals surface area contributed by atoms with Crippen LogP contribution in [-0.4, -0.2) is 74.6 Å². The van der Waals surface area contributed by atoms with Crippen LogP contribution in [0.15, 0.2) is 24.3 Å². The van der Waals surface area contributed by atoms with Gasteiger partial charge in [0, 0.05) is 42.0 Å². The summed E-state index contributed by atoms with van der Waals surface area (Å²) < 4.78 is 0. The summed E-state index contributed by atoms with van der Waals surface area (Å²) in [6.07, 6.45) is 7.01.